The number of benzene rings is 2. The van der Waals surface area contributed by atoms with Crippen LogP contribution in [0.15, 0.2) is 48.5 Å². The van der Waals surface area contributed by atoms with Crippen molar-refractivity contribution in [2.45, 2.75) is 44.9 Å². The van der Waals surface area contributed by atoms with Crippen LogP contribution in [-0.2, 0) is 27.4 Å². The van der Waals surface area contributed by atoms with E-state index in [2.05, 4.69) is 20.7 Å². The predicted molar refractivity (Wildman–Crippen MR) is 141 cm³/mol. The Balaban J connectivity index is 1.37. The van der Waals surface area contributed by atoms with Crippen LogP contribution >= 0.6 is 0 Å². The summed E-state index contributed by atoms with van der Waals surface area (Å²) >= 11 is 0. The summed E-state index contributed by atoms with van der Waals surface area (Å²) in [6.45, 7) is 2.62. The Morgan fingerprint density at radius 3 is 2.51 bits per heavy atom. The van der Waals surface area contributed by atoms with Crippen LogP contribution in [0.1, 0.15) is 40.2 Å². The maximum absolute atomic E-state index is 13.1. The maximum atomic E-state index is 13.1. The topological polar surface area (TPSA) is 130 Å². The summed E-state index contributed by atoms with van der Waals surface area (Å²) in [5, 5.41) is 13.4. The van der Waals surface area contributed by atoms with Gasteiger partial charge in [0.05, 0.1) is 31.0 Å². The number of piperidine rings is 1. The van der Waals surface area contributed by atoms with Crippen molar-refractivity contribution in [2.75, 3.05) is 26.7 Å². The molecule has 11 heteroatoms. The van der Waals surface area contributed by atoms with Gasteiger partial charge in [-0.2, -0.15) is 15.4 Å². The molecule has 2 N–H and O–H groups in total. The zero-order valence-corrected chi connectivity index (χ0v) is 22.1. The second kappa shape index (κ2) is 11.6. The smallest absolute Gasteiger partial charge is 0.276 e. The third-order valence-electron chi connectivity index (χ3n) is 7.04. The third-order valence-corrected chi connectivity index (χ3v) is 7.04. The summed E-state index contributed by atoms with van der Waals surface area (Å²) in [5.41, 5.74) is 2.67. The molecule has 2 aromatic carbocycles. The largest absolute Gasteiger partial charge is 0.457 e. The fourth-order valence-corrected chi connectivity index (χ4v) is 4.89. The van der Waals surface area contributed by atoms with Crippen molar-refractivity contribution < 1.29 is 23.9 Å². The number of amides is 3. The predicted octanol–water partition coefficient (Wildman–Crippen LogP) is 2.23. The monoisotopic (exact) mass is 532 g/mol. The molecule has 4 bridgehead atoms. The highest BCUT2D eigenvalue weighted by Gasteiger charge is 2.35. The molecule has 0 spiro atoms. The number of aryl methyl sites for hydroxylation is 2. The first-order chi connectivity index (χ1) is 18.9. The molecule has 0 saturated carbocycles. The first-order valence-electron chi connectivity index (χ1n) is 13.0. The number of carbonyl (C=O) groups excluding carboxylic acids is 3. The van der Waals surface area contributed by atoms with Crippen LogP contribution in [0, 0.1) is 6.92 Å². The molecule has 0 aliphatic carbocycles. The van der Waals surface area contributed by atoms with Gasteiger partial charge in [0.25, 0.3) is 5.91 Å². The van der Waals surface area contributed by atoms with Gasteiger partial charge in [-0.05, 0) is 55.2 Å². The number of hydrogen-bond donors (Lipinski definition) is 2. The Morgan fingerprint density at radius 1 is 1.03 bits per heavy atom. The average molecular weight is 533 g/mol. The molecule has 1 saturated heterocycles. The van der Waals surface area contributed by atoms with E-state index in [9.17, 15) is 14.4 Å². The lowest BCUT2D eigenvalue weighted by atomic mass is 10.0. The van der Waals surface area contributed by atoms with Gasteiger partial charge in [0, 0.05) is 26.6 Å². The number of nitrogens with zero attached hydrogens (tertiary/aromatic N) is 4. The molecule has 3 amide bonds. The van der Waals surface area contributed by atoms with Crippen molar-refractivity contribution in [2.24, 2.45) is 0 Å². The summed E-state index contributed by atoms with van der Waals surface area (Å²) < 4.78 is 12.4. The number of nitrogens with one attached hydrogen (secondary N) is 2. The highest BCUT2D eigenvalue weighted by Crippen LogP contribution is 2.25. The molecule has 39 heavy (non-hydrogen) atoms. The highest BCUT2D eigenvalue weighted by molar-refractivity contribution is 5.93. The standard InChI is InChI=1S/C28H32N6O5/c1-18-27(31-32-30-18)28(37)34-12-11-24-23(15-34)29-25(35)16-33(2)26(36)10-9-19-5-3-7-21(13-19)39-22-8-4-6-20(14-22)17-38-24/h3-8,13-14,23-24H,9-12,15-17H2,1-2H3,(H,29,35)(H,30,31,32)/t23-,24+/m0/s1. The average Bonchev–Trinajstić information content (AvgIpc) is 3.36. The summed E-state index contributed by atoms with van der Waals surface area (Å²) in [7, 11) is 1.62. The zero-order chi connectivity index (χ0) is 27.4. The van der Waals surface area contributed by atoms with E-state index in [1.165, 1.54) is 4.90 Å². The minimum atomic E-state index is -0.468. The fraction of sp³-hybridized carbons (Fsp3) is 0.393. The molecular weight excluding hydrogens is 500 g/mol. The van der Waals surface area contributed by atoms with Crippen LogP contribution in [0.2, 0.25) is 0 Å². The summed E-state index contributed by atoms with van der Waals surface area (Å²) in [6.07, 6.45) is 0.972. The number of carbonyl (C=O) groups is 3. The van der Waals surface area contributed by atoms with Gasteiger partial charge in [0.2, 0.25) is 11.8 Å². The molecule has 0 radical (unpaired) electrons. The molecule has 3 aromatic rings. The number of likely N-dealkylation sites (tertiary alicyclic amines) is 1. The summed E-state index contributed by atoms with van der Waals surface area (Å²) in [6, 6.07) is 14.9. The van der Waals surface area contributed by atoms with E-state index in [4.69, 9.17) is 9.47 Å². The molecule has 1 fully saturated rings. The maximum Gasteiger partial charge on any atom is 0.276 e. The first kappa shape index (κ1) is 26.4. The molecular formula is C28H32N6O5. The van der Waals surface area contributed by atoms with E-state index >= 15 is 0 Å². The minimum Gasteiger partial charge on any atom is -0.457 e. The highest BCUT2D eigenvalue weighted by atomic mass is 16.5. The molecule has 204 valence electrons. The van der Waals surface area contributed by atoms with Gasteiger partial charge in [-0.15, -0.1) is 0 Å². The van der Waals surface area contributed by atoms with E-state index in [1.54, 1.807) is 18.9 Å². The van der Waals surface area contributed by atoms with Crippen molar-refractivity contribution in [1.82, 2.24) is 30.5 Å². The zero-order valence-electron chi connectivity index (χ0n) is 22.1. The van der Waals surface area contributed by atoms with Gasteiger partial charge in [-0.1, -0.05) is 24.3 Å². The van der Waals surface area contributed by atoms with Crippen molar-refractivity contribution >= 4 is 17.7 Å². The molecule has 5 rings (SSSR count). The van der Waals surface area contributed by atoms with Gasteiger partial charge >= 0.3 is 0 Å². The first-order valence-corrected chi connectivity index (χ1v) is 13.0. The molecule has 0 unspecified atom stereocenters. The lowest BCUT2D eigenvalue weighted by molar-refractivity contribution is -0.135. The number of aromatic amines is 1. The fourth-order valence-electron chi connectivity index (χ4n) is 4.89. The third kappa shape index (κ3) is 6.43. The van der Waals surface area contributed by atoms with Crippen molar-refractivity contribution in [3.63, 3.8) is 0 Å². The lowest BCUT2D eigenvalue weighted by Gasteiger charge is -2.38. The van der Waals surface area contributed by atoms with Gasteiger partial charge in [-0.3, -0.25) is 14.4 Å². The van der Waals surface area contributed by atoms with Crippen molar-refractivity contribution in [3.8, 4) is 11.5 Å². The Morgan fingerprint density at radius 2 is 1.77 bits per heavy atom. The summed E-state index contributed by atoms with van der Waals surface area (Å²) in [4.78, 5) is 42.0. The van der Waals surface area contributed by atoms with Crippen LogP contribution in [0.3, 0.4) is 0 Å². The number of hydrogen-bond acceptors (Lipinski definition) is 7. The second-order valence-corrected chi connectivity index (χ2v) is 9.97. The van der Waals surface area contributed by atoms with E-state index in [0.29, 0.717) is 43.2 Å². The quantitative estimate of drug-likeness (QED) is 0.492. The molecule has 2 atom stereocenters. The number of H-pyrrole nitrogens is 1. The van der Waals surface area contributed by atoms with Gasteiger partial charge in [-0.25, -0.2) is 0 Å². The molecule has 2 aliphatic rings. The summed E-state index contributed by atoms with van der Waals surface area (Å²) in [5.74, 6) is 0.661. The van der Waals surface area contributed by atoms with E-state index in [1.807, 2.05) is 48.5 Å². The van der Waals surface area contributed by atoms with Gasteiger partial charge in [0.1, 0.15) is 11.5 Å². The van der Waals surface area contributed by atoms with Crippen molar-refractivity contribution in [1.29, 1.82) is 0 Å². The van der Waals surface area contributed by atoms with Crippen LogP contribution < -0.4 is 10.1 Å². The number of fused-ring (bicyclic) bond motifs is 5. The minimum absolute atomic E-state index is 0.0937. The SMILES string of the molecule is Cc1n[nH]nc1C(=O)N1CC[C@H]2OCc3cccc(c3)Oc3cccc(c3)CCC(=O)N(C)CC(=O)N[C@H]2C1. The number of aromatic nitrogens is 3. The number of likely N-dealkylation sites (N-methyl/N-ethyl adjacent to an activating group) is 1. The number of rotatable bonds is 1. The van der Waals surface area contributed by atoms with Crippen LogP contribution in [-0.4, -0.2) is 81.8 Å². The van der Waals surface area contributed by atoms with Crippen LogP contribution in [0.4, 0.5) is 0 Å². The van der Waals surface area contributed by atoms with E-state index in [-0.39, 0.29) is 49.0 Å². The van der Waals surface area contributed by atoms with E-state index < -0.39 is 6.04 Å². The molecule has 3 heterocycles. The lowest BCUT2D eigenvalue weighted by Crippen LogP contribution is -2.58. The Hall–Kier alpha value is -4.25. The van der Waals surface area contributed by atoms with Crippen LogP contribution in [0.25, 0.3) is 0 Å². The van der Waals surface area contributed by atoms with Gasteiger partial charge in [0.15, 0.2) is 5.69 Å². The Kier molecular flexibility index (Phi) is 7.87. The normalized spacial score (nSPS) is 20.8. The van der Waals surface area contributed by atoms with E-state index in [0.717, 1.165) is 11.1 Å². The molecule has 1 aromatic heterocycles. The molecule has 2 aliphatic heterocycles. The Labute approximate surface area is 226 Å². The number of ether oxygens (including phenoxy) is 2. The van der Waals surface area contributed by atoms with Crippen molar-refractivity contribution in [3.05, 3.63) is 71.0 Å². The molecule has 11 nitrogen and oxygen atoms in total. The Bertz CT molecular complexity index is 1360. The van der Waals surface area contributed by atoms with Crippen LogP contribution in [0.5, 0.6) is 11.5 Å². The second-order valence-electron chi connectivity index (χ2n) is 9.97. The van der Waals surface area contributed by atoms with Gasteiger partial charge < -0.3 is 24.6 Å².